The van der Waals surface area contributed by atoms with Crippen LogP contribution >= 0.6 is 0 Å². The van der Waals surface area contributed by atoms with E-state index in [1.807, 2.05) is 43.3 Å². The SMILES string of the molecule is CN(C)c1cccc(NC(=O)c2cc(N3CCOCC3)nc(N3CCOCC3)n2)c1. The lowest BCUT2D eigenvalue weighted by molar-refractivity contribution is 0.102. The van der Waals surface area contributed by atoms with Gasteiger partial charge in [0.1, 0.15) is 11.5 Å². The standard InChI is InChI=1S/C21H28N6O3/c1-25(2)17-5-3-4-16(14-17)22-20(28)18-15-19(26-6-10-29-11-7-26)24-21(23-18)27-8-12-30-13-9-27/h3-5,14-15H,6-13H2,1-2H3,(H,22,28). The molecule has 2 aromatic rings. The minimum Gasteiger partial charge on any atom is -0.378 e. The van der Waals surface area contributed by atoms with Crippen LogP contribution in [0.1, 0.15) is 10.5 Å². The molecule has 1 aromatic heterocycles. The molecule has 2 fully saturated rings. The van der Waals surface area contributed by atoms with Crippen LogP contribution in [-0.4, -0.2) is 82.6 Å². The average Bonchev–Trinajstić information content (AvgIpc) is 2.80. The first-order valence-corrected chi connectivity index (χ1v) is 10.2. The van der Waals surface area contributed by atoms with Crippen molar-refractivity contribution in [3.63, 3.8) is 0 Å². The van der Waals surface area contributed by atoms with Crippen molar-refractivity contribution in [1.29, 1.82) is 0 Å². The van der Waals surface area contributed by atoms with Crippen LogP contribution in [0.4, 0.5) is 23.1 Å². The van der Waals surface area contributed by atoms with Crippen molar-refractivity contribution in [3.8, 4) is 0 Å². The maximum atomic E-state index is 13.1. The van der Waals surface area contributed by atoms with Crippen molar-refractivity contribution in [3.05, 3.63) is 36.0 Å². The van der Waals surface area contributed by atoms with Crippen LogP contribution in [0, 0.1) is 0 Å². The Labute approximate surface area is 176 Å². The summed E-state index contributed by atoms with van der Waals surface area (Å²) >= 11 is 0. The molecule has 2 saturated heterocycles. The van der Waals surface area contributed by atoms with Gasteiger partial charge >= 0.3 is 0 Å². The highest BCUT2D eigenvalue weighted by Gasteiger charge is 2.21. The van der Waals surface area contributed by atoms with Crippen molar-refractivity contribution < 1.29 is 14.3 Å². The Hall–Kier alpha value is -2.91. The van der Waals surface area contributed by atoms with Crippen LogP contribution < -0.4 is 20.0 Å². The molecule has 1 N–H and O–H groups in total. The quantitative estimate of drug-likeness (QED) is 0.791. The Morgan fingerprint density at radius 2 is 1.63 bits per heavy atom. The number of hydrogen-bond acceptors (Lipinski definition) is 8. The van der Waals surface area contributed by atoms with Gasteiger partial charge in [0.15, 0.2) is 0 Å². The largest absolute Gasteiger partial charge is 0.378 e. The molecular weight excluding hydrogens is 384 g/mol. The highest BCUT2D eigenvalue weighted by molar-refractivity contribution is 6.03. The monoisotopic (exact) mass is 412 g/mol. The third kappa shape index (κ3) is 4.80. The zero-order valence-electron chi connectivity index (χ0n) is 17.5. The highest BCUT2D eigenvalue weighted by Crippen LogP contribution is 2.22. The summed E-state index contributed by atoms with van der Waals surface area (Å²) in [6.07, 6.45) is 0. The first-order valence-electron chi connectivity index (χ1n) is 10.2. The van der Waals surface area contributed by atoms with Gasteiger partial charge in [0.25, 0.3) is 5.91 Å². The minimum atomic E-state index is -0.252. The van der Waals surface area contributed by atoms with E-state index in [0.717, 1.165) is 30.3 Å². The topological polar surface area (TPSA) is 83.1 Å². The van der Waals surface area contributed by atoms with Crippen molar-refractivity contribution in [1.82, 2.24) is 9.97 Å². The number of amides is 1. The highest BCUT2D eigenvalue weighted by atomic mass is 16.5. The number of hydrogen-bond donors (Lipinski definition) is 1. The Balaban J connectivity index is 1.61. The maximum Gasteiger partial charge on any atom is 0.274 e. The second-order valence-electron chi connectivity index (χ2n) is 7.51. The van der Waals surface area contributed by atoms with Crippen molar-refractivity contribution in [2.24, 2.45) is 0 Å². The normalized spacial score (nSPS) is 17.0. The van der Waals surface area contributed by atoms with Crippen LogP contribution in [0.15, 0.2) is 30.3 Å². The van der Waals surface area contributed by atoms with E-state index in [1.165, 1.54) is 0 Å². The summed E-state index contributed by atoms with van der Waals surface area (Å²) in [7, 11) is 3.93. The molecule has 1 amide bonds. The number of ether oxygens (including phenoxy) is 2. The van der Waals surface area contributed by atoms with Crippen molar-refractivity contribution in [2.75, 3.05) is 86.7 Å². The molecule has 4 rings (SSSR count). The van der Waals surface area contributed by atoms with Crippen LogP contribution in [0.5, 0.6) is 0 Å². The van der Waals surface area contributed by atoms with E-state index < -0.39 is 0 Å². The fraction of sp³-hybridized carbons (Fsp3) is 0.476. The van der Waals surface area contributed by atoms with E-state index in [-0.39, 0.29) is 5.91 Å². The summed E-state index contributed by atoms with van der Waals surface area (Å²) in [4.78, 5) is 28.6. The van der Waals surface area contributed by atoms with Gasteiger partial charge in [-0.1, -0.05) is 6.07 Å². The van der Waals surface area contributed by atoms with Gasteiger partial charge in [0, 0.05) is 57.7 Å². The molecule has 0 bridgehead atoms. The molecule has 0 unspecified atom stereocenters. The van der Waals surface area contributed by atoms with E-state index in [0.29, 0.717) is 51.2 Å². The fourth-order valence-electron chi connectivity index (χ4n) is 3.45. The Morgan fingerprint density at radius 1 is 0.967 bits per heavy atom. The smallest absolute Gasteiger partial charge is 0.274 e. The van der Waals surface area contributed by atoms with Gasteiger partial charge in [-0.15, -0.1) is 0 Å². The Bertz CT molecular complexity index is 843. The van der Waals surface area contributed by atoms with Gasteiger partial charge in [-0.05, 0) is 18.2 Å². The number of nitrogens with zero attached hydrogens (tertiary/aromatic N) is 5. The number of aromatic nitrogens is 2. The van der Waals surface area contributed by atoms with Gasteiger partial charge in [-0.25, -0.2) is 4.98 Å². The lowest BCUT2D eigenvalue weighted by atomic mass is 10.2. The molecule has 9 nitrogen and oxygen atoms in total. The molecule has 1 aromatic carbocycles. The summed E-state index contributed by atoms with van der Waals surface area (Å²) in [6.45, 7) is 5.45. The average molecular weight is 412 g/mol. The van der Waals surface area contributed by atoms with Crippen LogP contribution in [0.25, 0.3) is 0 Å². The third-order valence-electron chi connectivity index (χ3n) is 5.18. The zero-order chi connectivity index (χ0) is 20.9. The molecule has 30 heavy (non-hydrogen) atoms. The second kappa shape index (κ2) is 9.27. The van der Waals surface area contributed by atoms with Crippen LogP contribution in [-0.2, 0) is 9.47 Å². The molecule has 9 heteroatoms. The fourth-order valence-corrected chi connectivity index (χ4v) is 3.45. The molecule has 0 atom stereocenters. The number of carbonyl (C=O) groups excluding carboxylic acids is 1. The van der Waals surface area contributed by atoms with Crippen LogP contribution in [0.3, 0.4) is 0 Å². The van der Waals surface area contributed by atoms with E-state index >= 15 is 0 Å². The maximum absolute atomic E-state index is 13.1. The molecule has 3 heterocycles. The molecule has 160 valence electrons. The van der Waals surface area contributed by atoms with E-state index in [1.54, 1.807) is 6.07 Å². The van der Waals surface area contributed by atoms with Gasteiger partial charge in [0.05, 0.1) is 26.4 Å². The summed E-state index contributed by atoms with van der Waals surface area (Å²) in [5.41, 5.74) is 2.09. The molecule has 0 aliphatic carbocycles. The first kappa shape index (κ1) is 20.4. The van der Waals surface area contributed by atoms with Gasteiger partial charge in [0.2, 0.25) is 5.95 Å². The summed E-state index contributed by atoms with van der Waals surface area (Å²) < 4.78 is 10.9. The third-order valence-corrected chi connectivity index (χ3v) is 5.18. The molecule has 2 aliphatic heterocycles. The predicted octanol–water partition coefficient (Wildman–Crippen LogP) is 1.47. The Kier molecular flexibility index (Phi) is 6.29. The van der Waals surface area contributed by atoms with Gasteiger partial charge < -0.3 is 29.5 Å². The number of carbonyl (C=O) groups is 1. The number of nitrogens with one attached hydrogen (secondary N) is 1. The molecule has 0 spiro atoms. The number of rotatable bonds is 5. The predicted molar refractivity (Wildman–Crippen MR) is 117 cm³/mol. The van der Waals surface area contributed by atoms with Crippen molar-refractivity contribution in [2.45, 2.75) is 0 Å². The molecule has 0 saturated carbocycles. The van der Waals surface area contributed by atoms with Gasteiger partial charge in [-0.3, -0.25) is 4.79 Å². The van der Waals surface area contributed by atoms with Gasteiger partial charge in [-0.2, -0.15) is 4.98 Å². The Morgan fingerprint density at radius 3 is 2.30 bits per heavy atom. The second-order valence-corrected chi connectivity index (χ2v) is 7.51. The molecular formula is C21H28N6O3. The lowest BCUT2D eigenvalue weighted by Gasteiger charge is -2.31. The lowest BCUT2D eigenvalue weighted by Crippen LogP contribution is -2.40. The summed E-state index contributed by atoms with van der Waals surface area (Å²) in [6, 6.07) is 9.49. The van der Waals surface area contributed by atoms with Crippen LogP contribution in [0.2, 0.25) is 0 Å². The zero-order valence-corrected chi connectivity index (χ0v) is 17.5. The molecule has 0 radical (unpaired) electrons. The van der Waals surface area contributed by atoms with E-state index in [2.05, 4.69) is 20.1 Å². The number of anilines is 4. The van der Waals surface area contributed by atoms with Crippen molar-refractivity contribution >= 4 is 29.0 Å². The summed E-state index contributed by atoms with van der Waals surface area (Å²) in [5, 5.41) is 2.97. The van der Waals surface area contributed by atoms with E-state index in [4.69, 9.17) is 14.5 Å². The number of benzene rings is 1. The number of morpholine rings is 2. The minimum absolute atomic E-state index is 0.252. The molecule has 2 aliphatic rings. The summed E-state index contributed by atoms with van der Waals surface area (Å²) in [5.74, 6) is 1.06. The van der Waals surface area contributed by atoms with E-state index in [9.17, 15) is 4.79 Å². The first-order chi connectivity index (χ1) is 14.6.